The lowest BCUT2D eigenvalue weighted by molar-refractivity contribution is 0.0888. The van der Waals surface area contributed by atoms with Crippen LogP contribution in [-0.4, -0.2) is 47.4 Å². The fourth-order valence-electron chi connectivity index (χ4n) is 5.78. The first-order valence-corrected chi connectivity index (χ1v) is 17.2. The van der Waals surface area contributed by atoms with Crippen LogP contribution >= 0.6 is 11.5 Å². The van der Waals surface area contributed by atoms with E-state index in [9.17, 15) is 9.59 Å². The Morgan fingerprint density at radius 2 is 1.47 bits per heavy atom. The predicted octanol–water partition coefficient (Wildman–Crippen LogP) is 7.76. The second kappa shape index (κ2) is 13.5. The fraction of sp³-hybridized carbons (Fsp3) is 0.472. The number of rotatable bonds is 7. The zero-order valence-corrected chi connectivity index (χ0v) is 29.6. The lowest BCUT2D eigenvalue weighted by atomic mass is 9.98. The monoisotopic (exact) mass is 655 g/mol. The molecule has 5 aromatic rings. The number of hydrogen-bond donors (Lipinski definition) is 2. The minimum Gasteiger partial charge on any atom is -0.353 e. The normalized spacial score (nSPS) is 14.6. The molecule has 10 nitrogen and oxygen atoms in total. The Balaban J connectivity index is 0.000000179. The van der Waals surface area contributed by atoms with Crippen LogP contribution in [0.1, 0.15) is 105 Å². The van der Waals surface area contributed by atoms with Crippen LogP contribution in [0.2, 0.25) is 0 Å². The molecule has 0 atom stereocenters. The number of carbonyl (C=O) groups excluding carboxylic acids is 2. The van der Waals surface area contributed by atoms with Crippen molar-refractivity contribution in [2.75, 3.05) is 0 Å². The lowest BCUT2D eigenvalue weighted by Crippen LogP contribution is -2.45. The van der Waals surface area contributed by atoms with Crippen molar-refractivity contribution in [3.63, 3.8) is 0 Å². The lowest BCUT2D eigenvalue weighted by Gasteiger charge is -2.25. The molecule has 2 amide bonds. The fourth-order valence-corrected chi connectivity index (χ4v) is 6.57. The highest BCUT2D eigenvalue weighted by molar-refractivity contribution is 7.13. The highest BCUT2D eigenvalue weighted by atomic mass is 32.1. The molecule has 2 fully saturated rings. The van der Waals surface area contributed by atoms with Gasteiger partial charge in [0, 0.05) is 34.7 Å². The SMILES string of the molecule is CC.Cc1cc(-c2cccnc2)nc2c(C(=O)NC(C)(C)C3CC3)nsc12.Cc1cc(C)c2onc(C(=O)NC(C)(C)C3CC3)c2n1. The molecule has 0 spiro atoms. The Morgan fingerprint density at radius 1 is 0.851 bits per heavy atom. The molecule has 5 aromatic heterocycles. The number of amides is 2. The molecular formula is C36H45N7O3S. The van der Waals surface area contributed by atoms with Gasteiger partial charge in [-0.1, -0.05) is 19.0 Å². The minimum absolute atomic E-state index is 0.140. The van der Waals surface area contributed by atoms with Gasteiger partial charge >= 0.3 is 0 Å². The molecule has 2 saturated carbocycles. The van der Waals surface area contributed by atoms with Crippen molar-refractivity contribution < 1.29 is 14.1 Å². The van der Waals surface area contributed by atoms with Gasteiger partial charge in [0.05, 0.1) is 10.4 Å². The molecule has 0 bridgehead atoms. The summed E-state index contributed by atoms with van der Waals surface area (Å²) >= 11 is 1.33. The third-order valence-electron chi connectivity index (χ3n) is 8.81. The number of aromatic nitrogens is 5. The summed E-state index contributed by atoms with van der Waals surface area (Å²) in [6.45, 7) is 18.1. The highest BCUT2D eigenvalue weighted by Gasteiger charge is 2.40. The van der Waals surface area contributed by atoms with Gasteiger partial charge in [0.15, 0.2) is 17.0 Å². The quantitative estimate of drug-likeness (QED) is 0.182. The Morgan fingerprint density at radius 3 is 2.04 bits per heavy atom. The van der Waals surface area contributed by atoms with Gasteiger partial charge in [0.1, 0.15) is 11.0 Å². The third kappa shape index (κ3) is 7.51. The number of hydrogen-bond acceptors (Lipinski definition) is 9. The Kier molecular flexibility index (Phi) is 9.77. The van der Waals surface area contributed by atoms with Crippen molar-refractivity contribution in [1.29, 1.82) is 0 Å². The third-order valence-corrected chi connectivity index (χ3v) is 9.78. The van der Waals surface area contributed by atoms with E-state index in [-0.39, 0.29) is 28.6 Å². The molecule has 7 rings (SSSR count). The average Bonchev–Trinajstić information content (AvgIpc) is 3.97. The number of fused-ring (bicyclic) bond motifs is 2. The maximum absolute atomic E-state index is 12.8. The van der Waals surface area contributed by atoms with Gasteiger partial charge in [-0.25, -0.2) is 9.97 Å². The number of pyridine rings is 3. The smallest absolute Gasteiger partial charge is 0.276 e. The van der Waals surface area contributed by atoms with Crippen LogP contribution in [-0.2, 0) is 0 Å². The molecule has 2 aliphatic carbocycles. The zero-order chi connectivity index (χ0) is 34.1. The first kappa shape index (κ1) is 34.1. The van der Waals surface area contributed by atoms with Crippen LogP contribution in [0, 0.1) is 32.6 Å². The van der Waals surface area contributed by atoms with Gasteiger partial charge in [-0.15, -0.1) is 0 Å². The van der Waals surface area contributed by atoms with E-state index >= 15 is 0 Å². The molecule has 0 radical (unpaired) electrons. The maximum atomic E-state index is 12.8. The van der Waals surface area contributed by atoms with E-state index in [2.05, 4.69) is 57.8 Å². The minimum atomic E-state index is -0.210. The summed E-state index contributed by atoms with van der Waals surface area (Å²) in [5.41, 5.74) is 6.71. The average molecular weight is 656 g/mol. The summed E-state index contributed by atoms with van der Waals surface area (Å²) in [7, 11) is 0. The molecule has 0 saturated heterocycles. The molecule has 2 aliphatic rings. The van der Waals surface area contributed by atoms with Crippen LogP contribution < -0.4 is 10.6 Å². The maximum Gasteiger partial charge on any atom is 0.276 e. The van der Waals surface area contributed by atoms with Gasteiger partial charge in [-0.2, -0.15) is 4.37 Å². The molecule has 0 aliphatic heterocycles. The molecular weight excluding hydrogens is 611 g/mol. The number of carbonyl (C=O) groups is 2. The molecule has 0 aromatic carbocycles. The second-order valence-electron chi connectivity index (χ2n) is 13.5. The van der Waals surface area contributed by atoms with E-state index in [0.29, 0.717) is 34.1 Å². The van der Waals surface area contributed by atoms with Gasteiger partial charge in [-0.3, -0.25) is 14.6 Å². The zero-order valence-electron chi connectivity index (χ0n) is 28.8. The predicted molar refractivity (Wildman–Crippen MR) is 187 cm³/mol. The molecule has 11 heteroatoms. The van der Waals surface area contributed by atoms with Gasteiger partial charge in [0.2, 0.25) is 0 Å². The van der Waals surface area contributed by atoms with Gasteiger partial charge in [0.25, 0.3) is 11.8 Å². The topological polar surface area (TPSA) is 136 Å². The van der Waals surface area contributed by atoms with E-state index in [4.69, 9.17) is 9.51 Å². The largest absolute Gasteiger partial charge is 0.353 e. The summed E-state index contributed by atoms with van der Waals surface area (Å²) < 4.78 is 10.6. The van der Waals surface area contributed by atoms with E-state index in [1.165, 1.54) is 37.2 Å². The Hall–Kier alpha value is -4.25. The molecule has 248 valence electrons. The van der Waals surface area contributed by atoms with Crippen LogP contribution in [0.5, 0.6) is 0 Å². The van der Waals surface area contributed by atoms with Crippen LogP contribution in [0.25, 0.3) is 32.6 Å². The van der Waals surface area contributed by atoms with E-state index in [1.807, 2.05) is 58.9 Å². The van der Waals surface area contributed by atoms with E-state index < -0.39 is 0 Å². The summed E-state index contributed by atoms with van der Waals surface area (Å²) in [4.78, 5) is 38.5. The highest BCUT2D eigenvalue weighted by Crippen LogP contribution is 2.40. The van der Waals surface area contributed by atoms with Crippen molar-refractivity contribution in [3.8, 4) is 11.3 Å². The molecule has 0 unspecified atom stereocenters. The van der Waals surface area contributed by atoms with Crippen LogP contribution in [0.3, 0.4) is 0 Å². The Bertz CT molecular complexity index is 1900. The van der Waals surface area contributed by atoms with Crippen molar-refractivity contribution in [2.24, 2.45) is 11.8 Å². The second-order valence-corrected chi connectivity index (χ2v) is 14.2. The standard InChI is InChI=1S/C19H20N4OS.C15H19N3O2.C2H6/c1-11-9-14(12-5-4-8-20-10-12)21-15-16(23-25-17(11)15)18(24)22-19(2,3)13-6-7-13;1-8-7-9(2)16-11-12(18-20-13(8)11)14(19)17-15(3,4)10-5-6-10;1-2/h4-5,8-10,13H,6-7H2,1-3H3,(H,22,24);7,10H,5-6H2,1-4H3,(H,17,19);1-2H3. The summed E-state index contributed by atoms with van der Waals surface area (Å²) in [6.07, 6.45) is 8.21. The number of aryl methyl sites for hydroxylation is 3. The Labute approximate surface area is 280 Å². The molecule has 47 heavy (non-hydrogen) atoms. The van der Waals surface area contributed by atoms with Crippen LogP contribution in [0.15, 0.2) is 41.2 Å². The van der Waals surface area contributed by atoms with Gasteiger partial charge < -0.3 is 15.2 Å². The first-order valence-electron chi connectivity index (χ1n) is 16.4. The van der Waals surface area contributed by atoms with Crippen molar-refractivity contribution in [2.45, 2.75) is 99.1 Å². The van der Waals surface area contributed by atoms with Crippen molar-refractivity contribution in [3.05, 3.63) is 64.9 Å². The number of nitrogens with one attached hydrogen (secondary N) is 2. The molecule has 2 N–H and O–H groups in total. The molecule has 5 heterocycles. The van der Waals surface area contributed by atoms with E-state index in [0.717, 1.165) is 32.8 Å². The van der Waals surface area contributed by atoms with Crippen molar-refractivity contribution in [1.82, 2.24) is 35.1 Å². The summed E-state index contributed by atoms with van der Waals surface area (Å²) in [6, 6.07) is 7.79. The summed E-state index contributed by atoms with van der Waals surface area (Å²) in [5, 5.41) is 10.1. The number of nitrogens with zero attached hydrogens (tertiary/aromatic N) is 5. The summed E-state index contributed by atoms with van der Waals surface area (Å²) in [5.74, 6) is 0.764. The first-order chi connectivity index (χ1) is 22.3. The van der Waals surface area contributed by atoms with Crippen molar-refractivity contribution >= 4 is 44.7 Å². The van der Waals surface area contributed by atoms with E-state index in [1.54, 1.807) is 12.4 Å². The van der Waals surface area contributed by atoms with Crippen LogP contribution in [0.4, 0.5) is 0 Å². The van der Waals surface area contributed by atoms with Gasteiger partial charge in [-0.05, 0) is 133 Å².